The smallest absolute Gasteiger partial charge is 0.383 e. The second-order valence-electron chi connectivity index (χ2n) is 6.29. The second-order valence-corrected chi connectivity index (χ2v) is 6.29. The van der Waals surface area contributed by atoms with Crippen LogP contribution in [0, 0.1) is 0 Å². The highest BCUT2D eigenvalue weighted by atomic mass is 19.4. The summed E-state index contributed by atoms with van der Waals surface area (Å²) in [4.78, 5) is 8.24. The van der Waals surface area contributed by atoms with E-state index in [4.69, 9.17) is 5.73 Å². The van der Waals surface area contributed by atoms with E-state index in [9.17, 15) is 13.2 Å². The third kappa shape index (κ3) is 2.92. The predicted octanol–water partition coefficient (Wildman–Crippen LogP) is 4.39. The van der Waals surface area contributed by atoms with Gasteiger partial charge in [-0.1, -0.05) is 13.8 Å². The Bertz CT molecular complexity index is 715. The molecule has 7 heteroatoms. The number of nitrogen functional groups attached to an aromatic ring is 1. The molecule has 3 rings (SSSR count). The lowest BCUT2D eigenvalue weighted by Gasteiger charge is -2.29. The number of anilines is 1. The van der Waals surface area contributed by atoms with Gasteiger partial charge in [-0.2, -0.15) is 13.2 Å². The highest BCUT2D eigenvalue weighted by Crippen LogP contribution is 2.38. The maximum atomic E-state index is 13.0. The third-order valence-corrected chi connectivity index (χ3v) is 4.27. The maximum Gasteiger partial charge on any atom is 0.419 e. The average Bonchev–Trinajstić information content (AvgIpc) is 2.80. The number of hydrogen-bond acceptors (Lipinski definition) is 3. The molecule has 0 spiro atoms. The molecule has 2 heterocycles. The molecular formula is C16H19F3N4. The number of nitrogens with zero attached hydrogens (tertiary/aromatic N) is 3. The number of nitrogens with two attached hydrogens (primary N) is 1. The molecule has 1 saturated carbocycles. The van der Waals surface area contributed by atoms with E-state index in [2.05, 4.69) is 14.5 Å². The lowest BCUT2D eigenvalue weighted by Crippen LogP contribution is -2.19. The van der Waals surface area contributed by atoms with Gasteiger partial charge in [0.2, 0.25) is 0 Å². The van der Waals surface area contributed by atoms with Gasteiger partial charge in [0.25, 0.3) is 0 Å². The lowest BCUT2D eigenvalue weighted by atomic mass is 9.92. The monoisotopic (exact) mass is 324 g/mol. The van der Waals surface area contributed by atoms with E-state index in [1.165, 1.54) is 12.6 Å². The minimum atomic E-state index is -4.52. The van der Waals surface area contributed by atoms with Crippen molar-refractivity contribution in [1.29, 1.82) is 0 Å². The van der Waals surface area contributed by atoms with Crippen molar-refractivity contribution in [3.63, 3.8) is 0 Å². The molecule has 4 nitrogen and oxygen atoms in total. The van der Waals surface area contributed by atoms with Crippen molar-refractivity contribution < 1.29 is 13.2 Å². The Labute approximate surface area is 132 Å². The normalized spacial score (nSPS) is 15.9. The molecule has 0 unspecified atom stereocenters. The molecule has 2 aromatic rings. The maximum absolute atomic E-state index is 13.0. The van der Waals surface area contributed by atoms with Crippen molar-refractivity contribution >= 4 is 5.82 Å². The third-order valence-electron chi connectivity index (χ3n) is 4.27. The molecule has 23 heavy (non-hydrogen) atoms. The van der Waals surface area contributed by atoms with Gasteiger partial charge in [-0.25, -0.2) is 9.97 Å². The zero-order valence-corrected chi connectivity index (χ0v) is 13.1. The van der Waals surface area contributed by atoms with Crippen LogP contribution in [0.25, 0.3) is 11.3 Å². The SMILES string of the molecule is CC(C)c1nc(-c2cnc(N)c(C(F)(F)F)c2)cn1C1CCC1. The summed E-state index contributed by atoms with van der Waals surface area (Å²) in [5, 5.41) is 0. The van der Waals surface area contributed by atoms with Crippen molar-refractivity contribution in [3.8, 4) is 11.3 Å². The van der Waals surface area contributed by atoms with Crippen LogP contribution in [0.3, 0.4) is 0 Å². The molecule has 0 saturated heterocycles. The van der Waals surface area contributed by atoms with Gasteiger partial charge in [0.15, 0.2) is 0 Å². The first-order valence-corrected chi connectivity index (χ1v) is 7.69. The van der Waals surface area contributed by atoms with Crippen LogP contribution in [0.2, 0.25) is 0 Å². The fourth-order valence-electron chi connectivity index (χ4n) is 2.77. The number of halogens is 3. The molecule has 1 fully saturated rings. The minimum absolute atomic E-state index is 0.202. The minimum Gasteiger partial charge on any atom is -0.383 e. The molecule has 0 radical (unpaired) electrons. The summed E-state index contributed by atoms with van der Waals surface area (Å²) < 4.78 is 41.1. The van der Waals surface area contributed by atoms with Crippen molar-refractivity contribution in [3.05, 3.63) is 29.8 Å². The summed E-state index contributed by atoms with van der Waals surface area (Å²) in [5.74, 6) is 0.590. The standard InChI is InChI=1S/C16H19F3N4/c1-9(2)15-22-13(8-23(15)11-4-3-5-11)10-6-12(16(17,18)19)14(20)21-7-10/h6-9,11H,3-5H2,1-2H3,(H2,20,21). The Morgan fingerprint density at radius 2 is 2.00 bits per heavy atom. The molecule has 0 aromatic carbocycles. The van der Waals surface area contributed by atoms with Crippen LogP contribution in [0.15, 0.2) is 18.5 Å². The molecule has 0 aliphatic heterocycles. The molecule has 1 aliphatic carbocycles. The van der Waals surface area contributed by atoms with Crippen LogP contribution in [0.1, 0.15) is 56.5 Å². The first-order valence-electron chi connectivity index (χ1n) is 7.69. The van der Waals surface area contributed by atoms with Crippen LogP contribution < -0.4 is 5.73 Å². The summed E-state index contributed by atoms with van der Waals surface area (Å²) in [6, 6.07) is 1.43. The Hall–Kier alpha value is -2.05. The molecule has 0 amide bonds. The zero-order chi connectivity index (χ0) is 16.8. The molecule has 0 bridgehead atoms. The number of alkyl halides is 3. The van der Waals surface area contributed by atoms with Gasteiger partial charge in [0.05, 0.1) is 11.3 Å². The number of hydrogen-bond donors (Lipinski definition) is 1. The quantitative estimate of drug-likeness (QED) is 0.910. The topological polar surface area (TPSA) is 56.7 Å². The number of aromatic nitrogens is 3. The molecule has 124 valence electrons. The molecular weight excluding hydrogens is 305 g/mol. The Morgan fingerprint density at radius 1 is 1.30 bits per heavy atom. The van der Waals surface area contributed by atoms with E-state index in [1.807, 2.05) is 20.0 Å². The fourth-order valence-corrected chi connectivity index (χ4v) is 2.77. The van der Waals surface area contributed by atoms with E-state index in [0.717, 1.165) is 24.7 Å². The van der Waals surface area contributed by atoms with Gasteiger partial charge in [0, 0.05) is 29.9 Å². The van der Waals surface area contributed by atoms with Crippen molar-refractivity contribution in [2.24, 2.45) is 0 Å². The van der Waals surface area contributed by atoms with Gasteiger partial charge >= 0.3 is 6.18 Å². The highest BCUT2D eigenvalue weighted by Gasteiger charge is 2.34. The number of imidazole rings is 1. The number of pyridine rings is 1. The van der Waals surface area contributed by atoms with E-state index in [1.54, 1.807) is 0 Å². The van der Waals surface area contributed by atoms with Gasteiger partial charge in [0.1, 0.15) is 11.6 Å². The van der Waals surface area contributed by atoms with Crippen molar-refractivity contribution in [1.82, 2.24) is 14.5 Å². The van der Waals surface area contributed by atoms with Gasteiger partial charge in [-0.15, -0.1) is 0 Å². The fraction of sp³-hybridized carbons (Fsp3) is 0.500. The first-order chi connectivity index (χ1) is 10.8. The van der Waals surface area contributed by atoms with Crippen LogP contribution in [0.5, 0.6) is 0 Å². The Morgan fingerprint density at radius 3 is 2.52 bits per heavy atom. The highest BCUT2D eigenvalue weighted by molar-refractivity contribution is 5.62. The van der Waals surface area contributed by atoms with E-state index in [-0.39, 0.29) is 5.92 Å². The van der Waals surface area contributed by atoms with E-state index < -0.39 is 17.6 Å². The van der Waals surface area contributed by atoms with Crippen LogP contribution in [-0.4, -0.2) is 14.5 Å². The van der Waals surface area contributed by atoms with Crippen molar-refractivity contribution in [2.45, 2.75) is 51.2 Å². The van der Waals surface area contributed by atoms with E-state index >= 15 is 0 Å². The van der Waals surface area contributed by atoms with Crippen LogP contribution in [-0.2, 0) is 6.18 Å². The summed E-state index contributed by atoms with van der Waals surface area (Å²) in [6.07, 6.45) is 2.02. The second kappa shape index (κ2) is 5.54. The molecule has 0 atom stereocenters. The average molecular weight is 324 g/mol. The summed E-state index contributed by atoms with van der Waals surface area (Å²) in [5.41, 5.74) is 5.29. The van der Waals surface area contributed by atoms with E-state index in [0.29, 0.717) is 17.3 Å². The summed E-state index contributed by atoms with van der Waals surface area (Å²) in [7, 11) is 0. The van der Waals surface area contributed by atoms with Crippen LogP contribution in [0.4, 0.5) is 19.0 Å². The van der Waals surface area contributed by atoms with Gasteiger partial charge < -0.3 is 10.3 Å². The summed E-state index contributed by atoms with van der Waals surface area (Å²) in [6.45, 7) is 4.06. The van der Waals surface area contributed by atoms with Gasteiger partial charge in [-0.3, -0.25) is 0 Å². The van der Waals surface area contributed by atoms with Gasteiger partial charge in [-0.05, 0) is 25.3 Å². The number of rotatable bonds is 3. The predicted molar refractivity (Wildman–Crippen MR) is 81.8 cm³/mol. The Balaban J connectivity index is 2.05. The zero-order valence-electron chi connectivity index (χ0n) is 13.1. The molecule has 2 aromatic heterocycles. The molecule has 2 N–H and O–H groups in total. The summed E-state index contributed by atoms with van der Waals surface area (Å²) >= 11 is 0. The first kappa shape index (κ1) is 15.8. The molecule has 1 aliphatic rings. The van der Waals surface area contributed by atoms with Crippen LogP contribution >= 0.6 is 0 Å². The lowest BCUT2D eigenvalue weighted by molar-refractivity contribution is -0.137. The van der Waals surface area contributed by atoms with Crippen molar-refractivity contribution in [2.75, 3.05) is 5.73 Å². The largest absolute Gasteiger partial charge is 0.419 e. The Kier molecular flexibility index (Phi) is 3.82.